The summed E-state index contributed by atoms with van der Waals surface area (Å²) in [5.41, 5.74) is 6.95. The Labute approximate surface area is 97.5 Å². The van der Waals surface area contributed by atoms with E-state index in [-0.39, 0.29) is 6.04 Å². The average Bonchev–Trinajstić information content (AvgIpc) is 2.18. The van der Waals surface area contributed by atoms with E-state index in [4.69, 9.17) is 22.1 Å². The molecule has 0 spiro atoms. The van der Waals surface area contributed by atoms with Crippen molar-refractivity contribution in [3.63, 3.8) is 0 Å². The SMILES string of the molecule is COc1ccc(Br)cc1C(N)CCCl. The van der Waals surface area contributed by atoms with Crippen LogP contribution in [-0.4, -0.2) is 13.0 Å². The molecule has 0 bridgehead atoms. The molecule has 14 heavy (non-hydrogen) atoms. The normalized spacial score (nSPS) is 12.6. The number of hydrogen-bond acceptors (Lipinski definition) is 2. The zero-order valence-electron chi connectivity index (χ0n) is 7.97. The van der Waals surface area contributed by atoms with Gasteiger partial charge in [-0.3, -0.25) is 0 Å². The van der Waals surface area contributed by atoms with E-state index in [0.717, 1.165) is 22.2 Å². The van der Waals surface area contributed by atoms with E-state index in [1.807, 2.05) is 18.2 Å². The Bertz CT molecular complexity index is 306. The summed E-state index contributed by atoms with van der Waals surface area (Å²) < 4.78 is 6.22. The van der Waals surface area contributed by atoms with Gasteiger partial charge in [-0.25, -0.2) is 0 Å². The highest BCUT2D eigenvalue weighted by atomic mass is 79.9. The average molecular weight is 279 g/mol. The number of alkyl halides is 1. The molecule has 0 radical (unpaired) electrons. The van der Waals surface area contributed by atoms with Crippen LogP contribution >= 0.6 is 27.5 Å². The number of ether oxygens (including phenoxy) is 1. The lowest BCUT2D eigenvalue weighted by Crippen LogP contribution is -2.12. The fraction of sp³-hybridized carbons (Fsp3) is 0.400. The molecular formula is C10H13BrClNO. The van der Waals surface area contributed by atoms with E-state index < -0.39 is 0 Å². The van der Waals surface area contributed by atoms with E-state index in [2.05, 4.69) is 15.9 Å². The Morgan fingerprint density at radius 2 is 2.29 bits per heavy atom. The summed E-state index contributed by atoms with van der Waals surface area (Å²) >= 11 is 9.05. The van der Waals surface area contributed by atoms with Gasteiger partial charge in [0.2, 0.25) is 0 Å². The first-order valence-corrected chi connectivity index (χ1v) is 5.66. The first-order valence-electron chi connectivity index (χ1n) is 4.34. The standard InChI is InChI=1S/C10H13BrClNO/c1-14-10-3-2-7(11)6-8(10)9(13)4-5-12/h2-3,6,9H,4-5,13H2,1H3. The molecule has 0 aliphatic rings. The highest BCUT2D eigenvalue weighted by Gasteiger charge is 2.11. The summed E-state index contributed by atoms with van der Waals surface area (Å²) in [6, 6.07) is 5.72. The maximum absolute atomic E-state index is 5.97. The van der Waals surface area contributed by atoms with Gasteiger partial charge in [-0.05, 0) is 24.6 Å². The number of nitrogens with two attached hydrogens (primary N) is 1. The molecule has 1 rings (SSSR count). The zero-order valence-corrected chi connectivity index (χ0v) is 10.3. The fourth-order valence-electron chi connectivity index (χ4n) is 1.27. The van der Waals surface area contributed by atoms with E-state index >= 15 is 0 Å². The van der Waals surface area contributed by atoms with Gasteiger partial charge in [-0.2, -0.15) is 0 Å². The summed E-state index contributed by atoms with van der Waals surface area (Å²) in [6.07, 6.45) is 0.744. The monoisotopic (exact) mass is 277 g/mol. The van der Waals surface area contributed by atoms with Crippen molar-refractivity contribution in [2.45, 2.75) is 12.5 Å². The molecule has 0 aliphatic carbocycles. The maximum atomic E-state index is 5.97. The van der Waals surface area contributed by atoms with Gasteiger partial charge >= 0.3 is 0 Å². The van der Waals surface area contributed by atoms with Crippen LogP contribution < -0.4 is 10.5 Å². The van der Waals surface area contributed by atoms with Gasteiger partial charge in [-0.15, -0.1) is 11.6 Å². The number of methoxy groups -OCH3 is 1. The predicted molar refractivity (Wildman–Crippen MR) is 63.0 cm³/mol. The molecule has 78 valence electrons. The van der Waals surface area contributed by atoms with E-state index in [0.29, 0.717) is 5.88 Å². The summed E-state index contributed by atoms with van der Waals surface area (Å²) in [6.45, 7) is 0. The van der Waals surface area contributed by atoms with Crippen molar-refractivity contribution in [3.8, 4) is 5.75 Å². The van der Waals surface area contributed by atoms with Crippen LogP contribution in [0.2, 0.25) is 0 Å². The molecule has 0 saturated heterocycles. The molecule has 0 amide bonds. The number of benzene rings is 1. The molecule has 0 saturated carbocycles. The quantitative estimate of drug-likeness (QED) is 0.859. The van der Waals surface area contributed by atoms with Crippen molar-refractivity contribution in [1.29, 1.82) is 0 Å². The Balaban J connectivity index is 2.97. The second-order valence-corrected chi connectivity index (χ2v) is 4.26. The van der Waals surface area contributed by atoms with Crippen LogP contribution in [0.25, 0.3) is 0 Å². The first kappa shape index (κ1) is 11.8. The molecule has 1 aromatic rings. The van der Waals surface area contributed by atoms with Crippen LogP contribution in [0.15, 0.2) is 22.7 Å². The van der Waals surface area contributed by atoms with Crippen LogP contribution in [0.4, 0.5) is 0 Å². The van der Waals surface area contributed by atoms with E-state index in [9.17, 15) is 0 Å². The minimum absolute atomic E-state index is 0.0695. The fourth-order valence-corrected chi connectivity index (χ4v) is 1.88. The maximum Gasteiger partial charge on any atom is 0.123 e. The number of hydrogen-bond donors (Lipinski definition) is 1. The molecule has 0 aliphatic heterocycles. The predicted octanol–water partition coefficient (Wildman–Crippen LogP) is 3.09. The molecule has 0 aromatic heterocycles. The lowest BCUT2D eigenvalue weighted by molar-refractivity contribution is 0.405. The second-order valence-electron chi connectivity index (χ2n) is 2.97. The van der Waals surface area contributed by atoms with Crippen LogP contribution in [-0.2, 0) is 0 Å². The van der Waals surface area contributed by atoms with Gasteiger partial charge in [0.25, 0.3) is 0 Å². The summed E-state index contributed by atoms with van der Waals surface area (Å²) in [4.78, 5) is 0. The first-order chi connectivity index (χ1) is 6.69. The van der Waals surface area contributed by atoms with Gasteiger partial charge in [0, 0.05) is 22.0 Å². The van der Waals surface area contributed by atoms with Crippen LogP contribution in [0.5, 0.6) is 5.75 Å². The third-order valence-corrected chi connectivity index (χ3v) is 2.72. The topological polar surface area (TPSA) is 35.2 Å². The van der Waals surface area contributed by atoms with Crippen molar-refractivity contribution in [2.75, 3.05) is 13.0 Å². The van der Waals surface area contributed by atoms with Crippen LogP contribution in [0, 0.1) is 0 Å². The lowest BCUT2D eigenvalue weighted by Gasteiger charge is -2.14. The molecular weight excluding hydrogens is 265 g/mol. The summed E-state index contributed by atoms with van der Waals surface area (Å²) in [5.74, 6) is 1.36. The third kappa shape index (κ3) is 2.87. The molecule has 0 fully saturated rings. The molecule has 1 unspecified atom stereocenters. The molecule has 1 atom stereocenters. The molecule has 0 heterocycles. The Morgan fingerprint density at radius 3 is 2.86 bits per heavy atom. The van der Waals surface area contributed by atoms with Crippen molar-refractivity contribution in [3.05, 3.63) is 28.2 Å². The molecule has 2 N–H and O–H groups in total. The Kier molecular flexibility index (Phi) is 4.72. The molecule has 4 heteroatoms. The van der Waals surface area contributed by atoms with Crippen molar-refractivity contribution < 1.29 is 4.74 Å². The summed E-state index contributed by atoms with van der Waals surface area (Å²) in [7, 11) is 1.64. The smallest absolute Gasteiger partial charge is 0.123 e. The van der Waals surface area contributed by atoms with E-state index in [1.165, 1.54) is 0 Å². The number of halogens is 2. The lowest BCUT2D eigenvalue weighted by atomic mass is 10.0. The van der Waals surface area contributed by atoms with Gasteiger partial charge < -0.3 is 10.5 Å². The minimum atomic E-state index is -0.0695. The van der Waals surface area contributed by atoms with Gasteiger partial charge in [0.15, 0.2) is 0 Å². The zero-order chi connectivity index (χ0) is 10.6. The highest BCUT2D eigenvalue weighted by Crippen LogP contribution is 2.28. The minimum Gasteiger partial charge on any atom is -0.496 e. The van der Waals surface area contributed by atoms with Crippen molar-refractivity contribution in [1.82, 2.24) is 0 Å². The number of rotatable bonds is 4. The van der Waals surface area contributed by atoms with E-state index in [1.54, 1.807) is 7.11 Å². The third-order valence-electron chi connectivity index (χ3n) is 2.01. The summed E-state index contributed by atoms with van der Waals surface area (Å²) in [5, 5.41) is 0. The van der Waals surface area contributed by atoms with Crippen LogP contribution in [0.1, 0.15) is 18.0 Å². The van der Waals surface area contributed by atoms with Crippen molar-refractivity contribution in [2.24, 2.45) is 5.73 Å². The second kappa shape index (κ2) is 5.59. The Morgan fingerprint density at radius 1 is 1.57 bits per heavy atom. The molecule has 2 nitrogen and oxygen atoms in total. The Hall–Kier alpha value is -0.250. The van der Waals surface area contributed by atoms with Gasteiger partial charge in [0.1, 0.15) is 5.75 Å². The largest absolute Gasteiger partial charge is 0.496 e. The highest BCUT2D eigenvalue weighted by molar-refractivity contribution is 9.10. The van der Waals surface area contributed by atoms with Gasteiger partial charge in [-0.1, -0.05) is 15.9 Å². The molecule has 1 aromatic carbocycles. The van der Waals surface area contributed by atoms with Crippen molar-refractivity contribution >= 4 is 27.5 Å². The van der Waals surface area contributed by atoms with Gasteiger partial charge in [0.05, 0.1) is 7.11 Å². The van der Waals surface area contributed by atoms with Crippen LogP contribution in [0.3, 0.4) is 0 Å².